The molecule has 1 rings (SSSR count). The summed E-state index contributed by atoms with van der Waals surface area (Å²) in [4.78, 5) is 19.5. The molecule has 0 spiro atoms. The molecule has 8 nitrogen and oxygen atoms in total. The van der Waals surface area contributed by atoms with Gasteiger partial charge in [0.2, 0.25) is 6.29 Å². The first-order valence-electron chi connectivity index (χ1n) is 5.79. The maximum atomic E-state index is 10.6. The Labute approximate surface area is 110 Å². The largest absolute Gasteiger partial charge is 0.350 e. The fourth-order valence-corrected chi connectivity index (χ4v) is 1.37. The summed E-state index contributed by atoms with van der Waals surface area (Å²) in [5.74, 6) is 0. The molecule has 0 N–H and O–H groups in total. The molecule has 0 radical (unpaired) electrons. The van der Waals surface area contributed by atoms with E-state index in [1.165, 1.54) is 7.11 Å². The highest BCUT2D eigenvalue weighted by Crippen LogP contribution is 2.14. The smallest absolute Gasteiger partial charge is 0.270 e. The van der Waals surface area contributed by atoms with Gasteiger partial charge in [0.1, 0.15) is 0 Å². The first-order chi connectivity index (χ1) is 9.17. The van der Waals surface area contributed by atoms with Crippen molar-refractivity contribution in [2.24, 2.45) is 0 Å². The number of ether oxygens (including phenoxy) is 2. The van der Waals surface area contributed by atoms with Crippen LogP contribution in [-0.4, -0.2) is 31.2 Å². The number of nitro groups is 1. The molecule has 0 aliphatic carbocycles. The standard InChI is InChI=1S/C11H17NO7/c1-3-9(12(13)14)8-11(15-2)18-19-17-10-6-4-5-7-16-10/h3,8,10-11H,1,4-7H2,2H3/b9-8-. The average molecular weight is 275 g/mol. The number of nitrogens with zero attached hydrogens (tertiary/aromatic N) is 1. The lowest BCUT2D eigenvalue weighted by Gasteiger charge is -2.21. The van der Waals surface area contributed by atoms with E-state index in [-0.39, 0.29) is 5.70 Å². The van der Waals surface area contributed by atoms with E-state index in [0.29, 0.717) is 13.0 Å². The van der Waals surface area contributed by atoms with Crippen LogP contribution in [0.4, 0.5) is 0 Å². The number of hydrogen-bond acceptors (Lipinski definition) is 7. The zero-order valence-corrected chi connectivity index (χ0v) is 10.6. The van der Waals surface area contributed by atoms with E-state index in [2.05, 4.69) is 11.6 Å². The molecule has 0 aromatic carbocycles. The molecule has 108 valence electrons. The monoisotopic (exact) mass is 275 g/mol. The summed E-state index contributed by atoms with van der Waals surface area (Å²) in [5, 5.41) is 15.1. The minimum absolute atomic E-state index is 0.260. The fraction of sp³-hybridized carbons (Fsp3) is 0.636. The number of methoxy groups -OCH3 is 1. The van der Waals surface area contributed by atoms with Gasteiger partial charge >= 0.3 is 0 Å². The Hall–Kier alpha value is -1.32. The topological polar surface area (TPSA) is 89.3 Å². The van der Waals surface area contributed by atoms with Crippen molar-refractivity contribution < 1.29 is 29.2 Å². The molecular formula is C11H17NO7. The highest BCUT2D eigenvalue weighted by Gasteiger charge is 2.18. The second-order valence-corrected chi connectivity index (χ2v) is 3.71. The molecule has 1 heterocycles. The molecule has 1 aliphatic rings. The molecule has 0 saturated carbocycles. The Morgan fingerprint density at radius 2 is 2.37 bits per heavy atom. The van der Waals surface area contributed by atoms with Gasteiger partial charge < -0.3 is 9.47 Å². The lowest BCUT2D eigenvalue weighted by molar-refractivity contribution is -0.571. The van der Waals surface area contributed by atoms with Gasteiger partial charge in [0, 0.05) is 26.2 Å². The lowest BCUT2D eigenvalue weighted by atomic mass is 10.2. The van der Waals surface area contributed by atoms with E-state index in [1.807, 2.05) is 0 Å². The second-order valence-electron chi connectivity index (χ2n) is 3.71. The molecule has 8 heteroatoms. The Morgan fingerprint density at radius 1 is 1.58 bits per heavy atom. The molecule has 2 unspecified atom stereocenters. The van der Waals surface area contributed by atoms with Crippen LogP contribution < -0.4 is 0 Å². The highest BCUT2D eigenvalue weighted by molar-refractivity contribution is 5.08. The van der Waals surface area contributed by atoms with E-state index in [0.717, 1.165) is 25.0 Å². The Bertz CT molecular complexity index is 325. The molecule has 19 heavy (non-hydrogen) atoms. The van der Waals surface area contributed by atoms with Crippen molar-refractivity contribution in [3.63, 3.8) is 0 Å². The Morgan fingerprint density at radius 3 is 2.89 bits per heavy atom. The third-order valence-corrected chi connectivity index (χ3v) is 2.38. The summed E-state index contributed by atoms with van der Waals surface area (Å²) in [7, 11) is 1.31. The molecular weight excluding hydrogens is 258 g/mol. The van der Waals surface area contributed by atoms with E-state index >= 15 is 0 Å². The summed E-state index contributed by atoms with van der Waals surface area (Å²) >= 11 is 0. The lowest BCUT2D eigenvalue weighted by Crippen LogP contribution is -2.24. The van der Waals surface area contributed by atoms with Gasteiger partial charge in [-0.25, -0.2) is 0 Å². The van der Waals surface area contributed by atoms with E-state index < -0.39 is 17.5 Å². The predicted octanol–water partition coefficient (Wildman–Crippen LogP) is 1.71. The first kappa shape index (κ1) is 15.7. The van der Waals surface area contributed by atoms with Gasteiger partial charge in [0.05, 0.1) is 11.0 Å². The van der Waals surface area contributed by atoms with Crippen molar-refractivity contribution in [1.82, 2.24) is 0 Å². The molecule has 0 amide bonds. The van der Waals surface area contributed by atoms with Gasteiger partial charge in [-0.05, 0) is 12.8 Å². The zero-order valence-electron chi connectivity index (χ0n) is 10.6. The fourth-order valence-electron chi connectivity index (χ4n) is 1.37. The molecule has 0 bridgehead atoms. The van der Waals surface area contributed by atoms with Crippen LogP contribution in [0.3, 0.4) is 0 Å². The van der Waals surface area contributed by atoms with Crippen LogP contribution in [0.5, 0.6) is 0 Å². The first-order valence-corrected chi connectivity index (χ1v) is 5.79. The quantitative estimate of drug-likeness (QED) is 0.219. The molecule has 2 atom stereocenters. The maximum Gasteiger partial charge on any atom is 0.270 e. The van der Waals surface area contributed by atoms with Crippen molar-refractivity contribution in [3.05, 3.63) is 34.5 Å². The number of allylic oxidation sites excluding steroid dienone is 1. The average Bonchev–Trinajstić information content (AvgIpc) is 2.43. The zero-order chi connectivity index (χ0) is 14.1. The van der Waals surface area contributed by atoms with Crippen LogP contribution in [0.2, 0.25) is 0 Å². The minimum Gasteiger partial charge on any atom is -0.350 e. The van der Waals surface area contributed by atoms with E-state index in [1.54, 1.807) is 0 Å². The van der Waals surface area contributed by atoms with Gasteiger partial charge in [-0.15, -0.1) is 0 Å². The van der Waals surface area contributed by atoms with Gasteiger partial charge in [0.25, 0.3) is 5.70 Å². The third-order valence-electron chi connectivity index (χ3n) is 2.38. The Balaban J connectivity index is 2.35. The van der Waals surface area contributed by atoms with Gasteiger partial charge in [-0.3, -0.25) is 10.1 Å². The van der Waals surface area contributed by atoms with Gasteiger partial charge in [0.15, 0.2) is 6.29 Å². The van der Waals surface area contributed by atoms with Crippen molar-refractivity contribution in [2.75, 3.05) is 13.7 Å². The summed E-state index contributed by atoms with van der Waals surface area (Å²) in [6.45, 7) is 3.91. The minimum atomic E-state index is -1.08. The van der Waals surface area contributed by atoms with Crippen LogP contribution in [-0.2, 0) is 24.3 Å². The van der Waals surface area contributed by atoms with Crippen molar-refractivity contribution in [1.29, 1.82) is 0 Å². The second kappa shape index (κ2) is 8.73. The van der Waals surface area contributed by atoms with Crippen LogP contribution in [0.1, 0.15) is 19.3 Å². The SMILES string of the molecule is C=C/C(=C/C(OC)OOOC1CCCCO1)[N+](=O)[O-]. The maximum absolute atomic E-state index is 10.6. The highest BCUT2D eigenvalue weighted by atomic mass is 17.5. The summed E-state index contributed by atoms with van der Waals surface area (Å²) in [5.41, 5.74) is -0.260. The Kier molecular flexibility index (Phi) is 7.23. The van der Waals surface area contributed by atoms with Crippen LogP contribution in [0, 0.1) is 10.1 Å². The molecule has 1 fully saturated rings. The number of hydrogen-bond donors (Lipinski definition) is 0. The molecule has 0 aromatic heterocycles. The normalized spacial score (nSPS) is 21.9. The predicted molar refractivity (Wildman–Crippen MR) is 62.9 cm³/mol. The molecule has 1 aliphatic heterocycles. The van der Waals surface area contributed by atoms with E-state index in [9.17, 15) is 10.1 Å². The van der Waals surface area contributed by atoms with Crippen LogP contribution in [0.15, 0.2) is 24.4 Å². The molecule has 0 aromatic rings. The van der Waals surface area contributed by atoms with Crippen molar-refractivity contribution in [2.45, 2.75) is 31.8 Å². The van der Waals surface area contributed by atoms with Crippen LogP contribution >= 0.6 is 0 Å². The van der Waals surface area contributed by atoms with E-state index in [4.69, 9.17) is 19.2 Å². The summed E-state index contributed by atoms with van der Waals surface area (Å²) < 4.78 is 10.1. The van der Waals surface area contributed by atoms with Crippen LogP contribution in [0.25, 0.3) is 0 Å². The number of rotatable bonds is 8. The van der Waals surface area contributed by atoms with Gasteiger partial charge in [-0.2, -0.15) is 9.78 Å². The van der Waals surface area contributed by atoms with Gasteiger partial charge in [-0.1, -0.05) is 11.6 Å². The third kappa shape index (κ3) is 5.90. The molecule has 1 saturated heterocycles. The van der Waals surface area contributed by atoms with Crippen molar-refractivity contribution >= 4 is 0 Å². The van der Waals surface area contributed by atoms with Crippen molar-refractivity contribution in [3.8, 4) is 0 Å². The summed E-state index contributed by atoms with van der Waals surface area (Å²) in [6.07, 6.45) is 3.24. The summed E-state index contributed by atoms with van der Waals surface area (Å²) in [6, 6.07) is 0.